The van der Waals surface area contributed by atoms with Crippen molar-refractivity contribution in [2.24, 2.45) is 0 Å². The molecule has 4 aromatic rings. The molecule has 0 radical (unpaired) electrons. The molecule has 6 nitrogen and oxygen atoms in total. The van der Waals surface area contributed by atoms with Gasteiger partial charge in [0.1, 0.15) is 5.75 Å². The van der Waals surface area contributed by atoms with Gasteiger partial charge in [-0.15, -0.1) is 0 Å². The number of aromatic hydroxyl groups is 1. The lowest BCUT2D eigenvalue weighted by Crippen LogP contribution is -2.45. The highest BCUT2D eigenvalue weighted by Gasteiger charge is 2.31. The predicted molar refractivity (Wildman–Crippen MR) is 123 cm³/mol. The number of rotatable bonds is 4. The van der Waals surface area contributed by atoms with Crippen LogP contribution in [0, 0.1) is 6.92 Å². The van der Waals surface area contributed by atoms with Crippen molar-refractivity contribution in [2.75, 3.05) is 19.6 Å². The smallest absolute Gasteiger partial charge is 0.416 e. The number of nitrogens with zero attached hydrogens (tertiary/aromatic N) is 3. The maximum absolute atomic E-state index is 13.0. The van der Waals surface area contributed by atoms with Crippen LogP contribution in [0.4, 0.5) is 13.2 Å². The van der Waals surface area contributed by atoms with E-state index in [9.17, 15) is 18.3 Å². The molecule has 1 atom stereocenters. The Morgan fingerprint density at radius 3 is 2.53 bits per heavy atom. The third-order valence-electron chi connectivity index (χ3n) is 6.31. The molecule has 0 amide bonds. The van der Waals surface area contributed by atoms with E-state index in [0.29, 0.717) is 18.7 Å². The zero-order chi connectivity index (χ0) is 23.9. The Hall–Kier alpha value is -3.43. The first-order chi connectivity index (χ1) is 16.3. The quantitative estimate of drug-likeness (QED) is 0.402. The average Bonchev–Trinajstić information content (AvgIpc) is 3.20. The zero-order valence-corrected chi connectivity index (χ0v) is 18.5. The van der Waals surface area contributed by atoms with E-state index in [2.05, 4.69) is 20.4 Å². The summed E-state index contributed by atoms with van der Waals surface area (Å²) in [5.41, 5.74) is 4.39. The third-order valence-corrected chi connectivity index (χ3v) is 6.31. The second-order valence-electron chi connectivity index (χ2n) is 8.56. The molecule has 5 rings (SSSR count). The highest BCUT2D eigenvalue weighted by molar-refractivity contribution is 5.84. The minimum Gasteiger partial charge on any atom is -0.508 e. The molecule has 2 aromatic carbocycles. The number of alkyl halides is 3. The number of hydrogen-bond acceptors (Lipinski definition) is 5. The van der Waals surface area contributed by atoms with E-state index in [1.54, 1.807) is 24.3 Å². The van der Waals surface area contributed by atoms with Crippen LogP contribution in [0.1, 0.15) is 28.4 Å². The summed E-state index contributed by atoms with van der Waals surface area (Å²) in [5, 5.41) is 21.3. The molecule has 3 N–H and O–H groups in total. The number of aromatic nitrogens is 3. The summed E-state index contributed by atoms with van der Waals surface area (Å²) in [6, 6.07) is 14.3. The van der Waals surface area contributed by atoms with Crippen LogP contribution in [0.2, 0.25) is 0 Å². The summed E-state index contributed by atoms with van der Waals surface area (Å²) in [4.78, 5) is 7.00. The lowest BCUT2D eigenvalue weighted by atomic mass is 9.99. The number of halogens is 3. The molecule has 0 spiro atoms. The second-order valence-corrected chi connectivity index (χ2v) is 8.56. The van der Waals surface area contributed by atoms with Crippen LogP contribution >= 0.6 is 0 Å². The topological polar surface area (TPSA) is 77.1 Å². The summed E-state index contributed by atoms with van der Waals surface area (Å²) < 4.78 is 39.1. The Bertz CT molecular complexity index is 1300. The fourth-order valence-corrected chi connectivity index (χ4v) is 4.56. The molecule has 9 heteroatoms. The van der Waals surface area contributed by atoms with E-state index in [0.717, 1.165) is 58.7 Å². The largest absolute Gasteiger partial charge is 0.508 e. The number of phenols is 1. The first-order valence-corrected chi connectivity index (χ1v) is 11.1. The minimum absolute atomic E-state index is 0.0661. The van der Waals surface area contributed by atoms with Gasteiger partial charge in [0.15, 0.2) is 5.65 Å². The van der Waals surface area contributed by atoms with Gasteiger partial charge in [0.25, 0.3) is 0 Å². The monoisotopic (exact) mass is 467 g/mol. The predicted octanol–water partition coefficient (Wildman–Crippen LogP) is 4.80. The van der Waals surface area contributed by atoms with Crippen molar-refractivity contribution in [3.05, 3.63) is 77.0 Å². The van der Waals surface area contributed by atoms with Crippen molar-refractivity contribution < 1.29 is 18.3 Å². The van der Waals surface area contributed by atoms with E-state index in [1.807, 2.05) is 25.1 Å². The molecular weight excluding hydrogens is 443 g/mol. The number of H-pyrrole nitrogens is 1. The van der Waals surface area contributed by atoms with Gasteiger partial charge in [0.2, 0.25) is 0 Å². The molecule has 2 aromatic heterocycles. The summed E-state index contributed by atoms with van der Waals surface area (Å²) in [6.07, 6.45) is -4.35. The van der Waals surface area contributed by atoms with Gasteiger partial charge in [0, 0.05) is 43.2 Å². The number of hydrogen-bond donors (Lipinski definition) is 3. The van der Waals surface area contributed by atoms with Crippen LogP contribution in [0.15, 0.2) is 54.6 Å². The first kappa shape index (κ1) is 22.4. The fraction of sp³-hybridized carbons (Fsp3) is 0.280. The average molecular weight is 467 g/mol. The Labute approximate surface area is 194 Å². The van der Waals surface area contributed by atoms with E-state index in [4.69, 9.17) is 4.98 Å². The Balaban J connectivity index is 1.50. The van der Waals surface area contributed by atoms with Crippen molar-refractivity contribution in [1.29, 1.82) is 0 Å². The molecule has 0 bridgehead atoms. The summed E-state index contributed by atoms with van der Waals surface area (Å²) in [7, 11) is 0. The van der Waals surface area contributed by atoms with Gasteiger partial charge in [0.05, 0.1) is 17.0 Å². The summed E-state index contributed by atoms with van der Waals surface area (Å²) in [6.45, 7) is 4.71. The van der Waals surface area contributed by atoms with Crippen molar-refractivity contribution >= 4 is 11.0 Å². The van der Waals surface area contributed by atoms with E-state index < -0.39 is 11.7 Å². The van der Waals surface area contributed by atoms with E-state index >= 15 is 0 Å². The molecule has 3 heterocycles. The van der Waals surface area contributed by atoms with Gasteiger partial charge in [-0.1, -0.05) is 12.1 Å². The van der Waals surface area contributed by atoms with Gasteiger partial charge >= 0.3 is 6.18 Å². The number of fused-ring (bicyclic) bond motifs is 1. The van der Waals surface area contributed by atoms with Gasteiger partial charge in [-0.3, -0.25) is 10.00 Å². The number of benzene rings is 2. The van der Waals surface area contributed by atoms with E-state index in [-0.39, 0.29) is 11.8 Å². The Morgan fingerprint density at radius 1 is 1.09 bits per heavy atom. The molecule has 0 aliphatic carbocycles. The highest BCUT2D eigenvalue weighted by atomic mass is 19.4. The molecule has 1 saturated heterocycles. The van der Waals surface area contributed by atoms with Crippen molar-refractivity contribution in [2.45, 2.75) is 25.7 Å². The van der Waals surface area contributed by atoms with Crippen LogP contribution < -0.4 is 5.32 Å². The first-order valence-electron chi connectivity index (χ1n) is 11.1. The molecule has 34 heavy (non-hydrogen) atoms. The highest BCUT2D eigenvalue weighted by Crippen LogP contribution is 2.33. The van der Waals surface area contributed by atoms with Gasteiger partial charge in [-0.05, 0) is 60.5 Å². The second kappa shape index (κ2) is 8.73. The number of phenolic OH excluding ortho intramolecular Hbond substituents is 1. The standard InChI is InChI=1S/C25H24F3N5O/c1-15-23-18(12-21(30-24(23)32-31-15)16-4-8-20(34)9-5-16)14-33-11-10-29-13-22(33)17-2-6-19(7-3-17)25(26,27)28/h2-9,12,22,29,34H,10-11,13-14H2,1H3,(H,30,31,32)/t22-/m1/s1. The van der Waals surface area contributed by atoms with Gasteiger partial charge in [-0.25, -0.2) is 4.98 Å². The normalized spacial score (nSPS) is 17.4. The van der Waals surface area contributed by atoms with Crippen molar-refractivity contribution in [3.8, 4) is 17.0 Å². The van der Waals surface area contributed by atoms with Gasteiger partial charge in [-0.2, -0.15) is 18.3 Å². The Kier molecular flexibility index (Phi) is 5.75. The number of nitrogens with one attached hydrogen (secondary N) is 2. The van der Waals surface area contributed by atoms with Crippen LogP contribution in [0.3, 0.4) is 0 Å². The molecular formula is C25H24F3N5O. The lowest BCUT2D eigenvalue weighted by Gasteiger charge is -2.37. The SMILES string of the molecule is Cc1n[nH]c2nc(-c3ccc(O)cc3)cc(CN3CCNC[C@@H]3c3ccc(C(F)(F)F)cc3)c12. The fourth-order valence-electron chi connectivity index (χ4n) is 4.56. The lowest BCUT2D eigenvalue weighted by molar-refractivity contribution is -0.137. The van der Waals surface area contributed by atoms with E-state index in [1.165, 1.54) is 0 Å². The molecule has 0 unspecified atom stereocenters. The maximum Gasteiger partial charge on any atom is 0.416 e. The van der Waals surface area contributed by atoms with Crippen LogP contribution in [0.5, 0.6) is 5.75 Å². The number of aromatic amines is 1. The number of aryl methyl sites for hydroxylation is 1. The Morgan fingerprint density at radius 2 is 1.82 bits per heavy atom. The van der Waals surface area contributed by atoms with Crippen LogP contribution in [0.25, 0.3) is 22.3 Å². The van der Waals surface area contributed by atoms with Gasteiger partial charge < -0.3 is 10.4 Å². The minimum atomic E-state index is -4.35. The zero-order valence-electron chi connectivity index (χ0n) is 18.5. The summed E-state index contributed by atoms with van der Waals surface area (Å²) >= 11 is 0. The maximum atomic E-state index is 13.0. The van der Waals surface area contributed by atoms with Crippen LogP contribution in [-0.2, 0) is 12.7 Å². The van der Waals surface area contributed by atoms with Crippen LogP contribution in [-0.4, -0.2) is 44.8 Å². The molecule has 0 saturated carbocycles. The molecule has 1 fully saturated rings. The number of piperazine rings is 1. The molecule has 176 valence electrons. The number of pyridine rings is 1. The molecule has 1 aliphatic heterocycles. The van der Waals surface area contributed by atoms with Crippen molar-refractivity contribution in [3.63, 3.8) is 0 Å². The third kappa shape index (κ3) is 4.36. The summed E-state index contributed by atoms with van der Waals surface area (Å²) in [5.74, 6) is 0.183. The van der Waals surface area contributed by atoms with Crippen molar-refractivity contribution in [1.82, 2.24) is 25.4 Å². The molecule has 1 aliphatic rings.